The minimum absolute atomic E-state index is 0.0597. The van der Waals surface area contributed by atoms with E-state index < -0.39 is 5.91 Å². The molecule has 0 fully saturated rings. The molecule has 0 bridgehead atoms. The number of benzene rings is 1. The SMILES string of the molecule is Cc1ccc(-n2c(C)cc(/C=C3/C(=N)N4N=C(CC(C)C)SC4=NC3=O)c2C)cc1Cl. The number of aromatic nitrogens is 1. The maximum absolute atomic E-state index is 12.7. The van der Waals surface area contributed by atoms with Gasteiger partial charge in [0, 0.05) is 28.5 Å². The highest BCUT2D eigenvalue weighted by Crippen LogP contribution is 2.32. The molecule has 2 aliphatic heterocycles. The number of halogens is 1. The Balaban J connectivity index is 1.71. The lowest BCUT2D eigenvalue weighted by Crippen LogP contribution is -2.35. The highest BCUT2D eigenvalue weighted by Gasteiger charge is 2.35. The van der Waals surface area contributed by atoms with E-state index in [2.05, 4.69) is 28.5 Å². The van der Waals surface area contributed by atoms with Crippen molar-refractivity contribution >= 4 is 51.4 Å². The molecule has 4 rings (SSSR count). The number of carbonyl (C=O) groups is 1. The molecule has 0 spiro atoms. The second-order valence-electron chi connectivity index (χ2n) is 8.21. The summed E-state index contributed by atoms with van der Waals surface area (Å²) >= 11 is 7.70. The van der Waals surface area contributed by atoms with Crippen molar-refractivity contribution in [3.63, 3.8) is 0 Å². The van der Waals surface area contributed by atoms with Crippen LogP contribution in [0.25, 0.3) is 11.8 Å². The standard InChI is InChI=1S/C23H24ClN5OS/c1-12(2)8-20-27-29-21(25)18(22(30)26-23(29)31-20)10-16-9-14(4)28(15(16)5)17-7-6-13(3)19(24)11-17/h6-7,9-12,25H,8H2,1-5H3/b18-10-,25-21?. The fourth-order valence-corrected chi connectivity index (χ4v) is 4.94. The summed E-state index contributed by atoms with van der Waals surface area (Å²) in [6.45, 7) is 10.2. The molecule has 0 radical (unpaired) electrons. The van der Waals surface area contributed by atoms with E-state index >= 15 is 0 Å². The first-order valence-electron chi connectivity index (χ1n) is 10.1. The Bertz CT molecular complexity index is 1200. The zero-order valence-electron chi connectivity index (χ0n) is 18.2. The Morgan fingerprint density at radius 2 is 1.97 bits per heavy atom. The molecule has 8 heteroatoms. The third-order valence-electron chi connectivity index (χ3n) is 5.26. The number of fused-ring (bicyclic) bond motifs is 1. The van der Waals surface area contributed by atoms with E-state index in [4.69, 9.17) is 17.0 Å². The molecule has 2 aromatic rings. The Morgan fingerprint density at radius 3 is 2.65 bits per heavy atom. The highest BCUT2D eigenvalue weighted by molar-refractivity contribution is 8.26. The van der Waals surface area contributed by atoms with Crippen LogP contribution in [0.5, 0.6) is 0 Å². The number of hydrogen-bond donors (Lipinski definition) is 1. The molecule has 1 N–H and O–H groups in total. The predicted octanol–water partition coefficient (Wildman–Crippen LogP) is 5.72. The van der Waals surface area contributed by atoms with Gasteiger partial charge in [0.1, 0.15) is 5.04 Å². The molecule has 0 unspecified atom stereocenters. The first-order chi connectivity index (χ1) is 14.7. The van der Waals surface area contributed by atoms with Gasteiger partial charge in [-0.1, -0.05) is 31.5 Å². The van der Waals surface area contributed by atoms with Gasteiger partial charge in [-0.15, -0.1) is 0 Å². The summed E-state index contributed by atoms with van der Waals surface area (Å²) in [7, 11) is 0. The van der Waals surface area contributed by atoms with E-state index in [1.165, 1.54) is 16.8 Å². The molecular weight excluding hydrogens is 430 g/mol. The number of aliphatic imine (C=N–C) groups is 1. The smallest absolute Gasteiger partial charge is 0.283 e. The summed E-state index contributed by atoms with van der Waals surface area (Å²) in [5.74, 6) is 0.0890. The molecular formula is C23H24ClN5OS. The predicted molar refractivity (Wildman–Crippen MR) is 129 cm³/mol. The highest BCUT2D eigenvalue weighted by atomic mass is 35.5. The molecule has 0 atom stereocenters. The van der Waals surface area contributed by atoms with Gasteiger partial charge in [0.05, 0.1) is 5.57 Å². The maximum Gasteiger partial charge on any atom is 0.283 e. The summed E-state index contributed by atoms with van der Waals surface area (Å²) in [6.07, 6.45) is 2.53. The quantitative estimate of drug-likeness (QED) is 0.601. The summed E-state index contributed by atoms with van der Waals surface area (Å²) in [6, 6.07) is 7.95. The van der Waals surface area contributed by atoms with E-state index in [9.17, 15) is 4.79 Å². The zero-order valence-corrected chi connectivity index (χ0v) is 19.7. The molecule has 3 heterocycles. The van der Waals surface area contributed by atoms with Gasteiger partial charge in [0.2, 0.25) is 5.17 Å². The number of amides is 1. The fraction of sp³-hybridized carbons (Fsp3) is 0.304. The second-order valence-corrected chi connectivity index (χ2v) is 9.65. The summed E-state index contributed by atoms with van der Waals surface area (Å²) in [4.78, 5) is 16.9. The van der Waals surface area contributed by atoms with Gasteiger partial charge in [-0.3, -0.25) is 10.2 Å². The van der Waals surface area contributed by atoms with Crippen LogP contribution < -0.4 is 0 Å². The second kappa shape index (κ2) is 8.13. The van der Waals surface area contributed by atoms with E-state index in [1.54, 1.807) is 6.08 Å². The Hall–Kier alpha value is -2.64. The number of hydrazone groups is 1. The van der Waals surface area contributed by atoms with Crippen LogP contribution in [0.1, 0.15) is 42.8 Å². The van der Waals surface area contributed by atoms with Crippen molar-refractivity contribution < 1.29 is 4.79 Å². The molecule has 1 aromatic heterocycles. The lowest BCUT2D eigenvalue weighted by Gasteiger charge is -2.20. The van der Waals surface area contributed by atoms with Crippen LogP contribution in [0, 0.1) is 32.1 Å². The molecule has 0 aliphatic carbocycles. The van der Waals surface area contributed by atoms with Gasteiger partial charge in [-0.25, -0.2) is 0 Å². The zero-order chi connectivity index (χ0) is 22.4. The lowest BCUT2D eigenvalue weighted by molar-refractivity contribution is -0.114. The number of amidine groups is 2. The molecule has 31 heavy (non-hydrogen) atoms. The van der Waals surface area contributed by atoms with Crippen LogP contribution >= 0.6 is 23.4 Å². The fourth-order valence-electron chi connectivity index (χ4n) is 3.67. The average Bonchev–Trinajstić information content (AvgIpc) is 3.20. The average molecular weight is 454 g/mol. The van der Waals surface area contributed by atoms with Gasteiger partial charge in [0.25, 0.3) is 5.91 Å². The van der Waals surface area contributed by atoms with Crippen LogP contribution in [-0.2, 0) is 4.79 Å². The van der Waals surface area contributed by atoms with Crippen molar-refractivity contribution in [1.82, 2.24) is 9.58 Å². The third-order valence-corrected chi connectivity index (χ3v) is 6.60. The number of carbonyl (C=O) groups excluding carboxylic acids is 1. The van der Waals surface area contributed by atoms with Gasteiger partial charge >= 0.3 is 0 Å². The first kappa shape index (κ1) is 21.6. The van der Waals surface area contributed by atoms with Gasteiger partial charge < -0.3 is 4.57 Å². The number of hydrogen-bond acceptors (Lipinski definition) is 4. The topological polar surface area (TPSA) is 73.8 Å². The maximum atomic E-state index is 12.7. The van der Waals surface area contributed by atoms with Crippen LogP contribution in [0.2, 0.25) is 5.02 Å². The summed E-state index contributed by atoms with van der Waals surface area (Å²) in [5, 5.41) is 16.6. The third kappa shape index (κ3) is 4.00. The molecule has 160 valence electrons. The number of aryl methyl sites for hydroxylation is 2. The molecule has 2 aliphatic rings. The minimum atomic E-state index is -0.409. The molecule has 1 aromatic carbocycles. The monoisotopic (exact) mass is 453 g/mol. The summed E-state index contributed by atoms with van der Waals surface area (Å²) in [5.41, 5.74) is 5.04. The Morgan fingerprint density at radius 1 is 1.23 bits per heavy atom. The van der Waals surface area contributed by atoms with Crippen LogP contribution in [-0.4, -0.2) is 31.5 Å². The molecule has 0 saturated heterocycles. The van der Waals surface area contributed by atoms with E-state index in [-0.39, 0.29) is 11.4 Å². The number of rotatable bonds is 4. The van der Waals surface area contributed by atoms with Crippen molar-refractivity contribution in [1.29, 1.82) is 5.41 Å². The van der Waals surface area contributed by atoms with Crippen molar-refractivity contribution in [3.8, 4) is 5.69 Å². The largest absolute Gasteiger partial charge is 0.318 e. The summed E-state index contributed by atoms with van der Waals surface area (Å²) < 4.78 is 2.09. The van der Waals surface area contributed by atoms with Crippen molar-refractivity contribution in [2.75, 3.05) is 0 Å². The lowest BCUT2D eigenvalue weighted by atomic mass is 10.1. The van der Waals surface area contributed by atoms with Crippen LogP contribution in [0.4, 0.5) is 0 Å². The van der Waals surface area contributed by atoms with E-state index in [0.717, 1.165) is 39.7 Å². The van der Waals surface area contributed by atoms with Crippen molar-refractivity contribution in [2.24, 2.45) is 16.0 Å². The number of thioether (sulfide) groups is 1. The molecule has 0 saturated carbocycles. The van der Waals surface area contributed by atoms with Gasteiger partial charge in [-0.05, 0) is 73.9 Å². The first-order valence-corrected chi connectivity index (χ1v) is 11.3. The van der Waals surface area contributed by atoms with Gasteiger partial charge in [0.15, 0.2) is 5.84 Å². The normalized spacial score (nSPS) is 17.5. The molecule has 6 nitrogen and oxygen atoms in total. The van der Waals surface area contributed by atoms with E-state index in [0.29, 0.717) is 16.1 Å². The van der Waals surface area contributed by atoms with Crippen LogP contribution in [0.3, 0.4) is 0 Å². The van der Waals surface area contributed by atoms with Crippen molar-refractivity contribution in [3.05, 3.63) is 57.4 Å². The number of nitrogens with one attached hydrogen (secondary N) is 1. The molecule has 1 amide bonds. The Kier molecular flexibility index (Phi) is 5.66. The minimum Gasteiger partial charge on any atom is -0.318 e. The van der Waals surface area contributed by atoms with Crippen molar-refractivity contribution in [2.45, 2.75) is 41.0 Å². The van der Waals surface area contributed by atoms with Crippen LogP contribution in [0.15, 0.2) is 39.9 Å². The van der Waals surface area contributed by atoms with Gasteiger partial charge in [-0.2, -0.15) is 15.1 Å². The Labute approximate surface area is 191 Å². The van der Waals surface area contributed by atoms with E-state index in [1.807, 2.05) is 45.0 Å². The number of nitrogens with zero attached hydrogens (tertiary/aromatic N) is 4.